The standard InChI is InChI=1S/C11H16N2/c1-9-4-6-13-11(7-9)10-3-2-5-12-8-10/h4,6-7,10,12H,2-3,5,8H2,1H3. The molecular weight excluding hydrogens is 160 g/mol. The molecule has 1 atom stereocenters. The highest BCUT2D eigenvalue weighted by atomic mass is 14.9. The molecule has 0 amide bonds. The van der Waals surface area contributed by atoms with Crippen LogP contribution in [0.25, 0.3) is 0 Å². The van der Waals surface area contributed by atoms with Crippen LogP contribution in [0.5, 0.6) is 0 Å². The molecule has 70 valence electrons. The highest BCUT2D eigenvalue weighted by Gasteiger charge is 2.15. The molecule has 1 unspecified atom stereocenters. The van der Waals surface area contributed by atoms with Crippen molar-refractivity contribution >= 4 is 0 Å². The maximum absolute atomic E-state index is 4.42. The van der Waals surface area contributed by atoms with Crippen LogP contribution in [0.2, 0.25) is 0 Å². The van der Waals surface area contributed by atoms with Crippen LogP contribution in [0, 0.1) is 6.92 Å². The van der Waals surface area contributed by atoms with Gasteiger partial charge in [0.05, 0.1) is 0 Å². The lowest BCUT2D eigenvalue weighted by Gasteiger charge is -2.22. The first kappa shape index (κ1) is 8.70. The Morgan fingerprint density at radius 1 is 1.54 bits per heavy atom. The Bertz CT molecular complexity index is 277. The van der Waals surface area contributed by atoms with Gasteiger partial charge in [0.15, 0.2) is 0 Å². The predicted octanol–water partition coefficient (Wildman–Crippen LogP) is 1.86. The number of aromatic nitrogens is 1. The predicted molar refractivity (Wildman–Crippen MR) is 53.8 cm³/mol. The van der Waals surface area contributed by atoms with E-state index in [9.17, 15) is 0 Å². The number of rotatable bonds is 1. The van der Waals surface area contributed by atoms with E-state index in [1.807, 2.05) is 6.20 Å². The van der Waals surface area contributed by atoms with Crippen molar-refractivity contribution < 1.29 is 0 Å². The van der Waals surface area contributed by atoms with Crippen molar-refractivity contribution in [1.82, 2.24) is 10.3 Å². The summed E-state index contributed by atoms with van der Waals surface area (Å²) >= 11 is 0. The van der Waals surface area contributed by atoms with E-state index in [0.29, 0.717) is 5.92 Å². The van der Waals surface area contributed by atoms with Gasteiger partial charge in [-0.3, -0.25) is 4.98 Å². The van der Waals surface area contributed by atoms with Crippen LogP contribution in [0.15, 0.2) is 18.3 Å². The van der Waals surface area contributed by atoms with Crippen molar-refractivity contribution in [3.63, 3.8) is 0 Å². The number of aryl methyl sites for hydroxylation is 1. The van der Waals surface area contributed by atoms with E-state index in [2.05, 4.69) is 29.4 Å². The first-order valence-electron chi connectivity index (χ1n) is 4.99. The summed E-state index contributed by atoms with van der Waals surface area (Å²) < 4.78 is 0. The van der Waals surface area contributed by atoms with Crippen LogP contribution in [0.3, 0.4) is 0 Å². The van der Waals surface area contributed by atoms with E-state index in [0.717, 1.165) is 6.54 Å². The average Bonchev–Trinajstić information content (AvgIpc) is 2.19. The van der Waals surface area contributed by atoms with Crippen molar-refractivity contribution in [2.24, 2.45) is 0 Å². The number of hydrogen-bond acceptors (Lipinski definition) is 2. The number of nitrogens with zero attached hydrogens (tertiary/aromatic N) is 1. The molecule has 0 spiro atoms. The third-order valence-corrected chi connectivity index (χ3v) is 2.65. The summed E-state index contributed by atoms with van der Waals surface area (Å²) in [5, 5.41) is 3.41. The summed E-state index contributed by atoms with van der Waals surface area (Å²) in [6.07, 6.45) is 4.48. The summed E-state index contributed by atoms with van der Waals surface area (Å²) in [6, 6.07) is 4.26. The summed E-state index contributed by atoms with van der Waals surface area (Å²) in [4.78, 5) is 4.42. The molecule has 2 rings (SSSR count). The lowest BCUT2D eigenvalue weighted by molar-refractivity contribution is 0.454. The third-order valence-electron chi connectivity index (χ3n) is 2.65. The molecule has 13 heavy (non-hydrogen) atoms. The Kier molecular flexibility index (Phi) is 2.60. The van der Waals surface area contributed by atoms with Crippen molar-refractivity contribution in [2.75, 3.05) is 13.1 Å². The number of piperidine rings is 1. The Labute approximate surface area is 79.4 Å². The summed E-state index contributed by atoms with van der Waals surface area (Å²) in [5.74, 6) is 0.633. The van der Waals surface area contributed by atoms with Gasteiger partial charge in [-0.05, 0) is 44.0 Å². The first-order valence-corrected chi connectivity index (χ1v) is 4.99. The van der Waals surface area contributed by atoms with Crippen LogP contribution in [-0.2, 0) is 0 Å². The highest BCUT2D eigenvalue weighted by molar-refractivity contribution is 5.18. The van der Waals surface area contributed by atoms with Crippen LogP contribution in [0.4, 0.5) is 0 Å². The minimum atomic E-state index is 0.633. The van der Waals surface area contributed by atoms with Crippen LogP contribution >= 0.6 is 0 Å². The highest BCUT2D eigenvalue weighted by Crippen LogP contribution is 2.21. The molecule has 2 heterocycles. The summed E-state index contributed by atoms with van der Waals surface area (Å²) in [6.45, 7) is 4.39. The largest absolute Gasteiger partial charge is 0.316 e. The monoisotopic (exact) mass is 176 g/mol. The molecule has 1 N–H and O–H groups in total. The molecule has 1 saturated heterocycles. The number of hydrogen-bond donors (Lipinski definition) is 1. The Morgan fingerprint density at radius 2 is 2.46 bits per heavy atom. The van der Waals surface area contributed by atoms with E-state index in [4.69, 9.17) is 0 Å². The van der Waals surface area contributed by atoms with Gasteiger partial charge in [0.1, 0.15) is 0 Å². The Morgan fingerprint density at radius 3 is 3.15 bits per heavy atom. The van der Waals surface area contributed by atoms with Gasteiger partial charge in [-0.1, -0.05) is 0 Å². The van der Waals surface area contributed by atoms with Gasteiger partial charge in [-0.2, -0.15) is 0 Å². The normalized spacial score (nSPS) is 23.0. The fourth-order valence-electron chi connectivity index (χ4n) is 1.89. The van der Waals surface area contributed by atoms with Gasteiger partial charge >= 0.3 is 0 Å². The van der Waals surface area contributed by atoms with Gasteiger partial charge in [0.25, 0.3) is 0 Å². The Hall–Kier alpha value is -0.890. The summed E-state index contributed by atoms with van der Waals surface area (Å²) in [7, 11) is 0. The number of pyridine rings is 1. The van der Waals surface area contributed by atoms with E-state index in [1.165, 1.54) is 30.6 Å². The molecule has 1 aliphatic rings. The molecule has 1 aliphatic heterocycles. The molecule has 2 heteroatoms. The molecule has 0 saturated carbocycles. The quantitative estimate of drug-likeness (QED) is 0.706. The molecule has 1 fully saturated rings. The van der Waals surface area contributed by atoms with Crippen molar-refractivity contribution in [3.05, 3.63) is 29.6 Å². The molecule has 1 aromatic rings. The fourth-order valence-corrected chi connectivity index (χ4v) is 1.89. The lowest BCUT2D eigenvalue weighted by atomic mass is 9.95. The van der Waals surface area contributed by atoms with Crippen LogP contribution < -0.4 is 5.32 Å². The van der Waals surface area contributed by atoms with Crippen LogP contribution in [0.1, 0.15) is 30.0 Å². The van der Waals surface area contributed by atoms with E-state index >= 15 is 0 Å². The maximum atomic E-state index is 4.42. The van der Waals surface area contributed by atoms with Gasteiger partial charge in [-0.15, -0.1) is 0 Å². The molecule has 0 bridgehead atoms. The van der Waals surface area contributed by atoms with Crippen LogP contribution in [-0.4, -0.2) is 18.1 Å². The van der Waals surface area contributed by atoms with Crippen molar-refractivity contribution in [2.45, 2.75) is 25.7 Å². The lowest BCUT2D eigenvalue weighted by Crippen LogP contribution is -2.28. The maximum Gasteiger partial charge on any atom is 0.0449 e. The van der Waals surface area contributed by atoms with Gasteiger partial charge in [0.2, 0.25) is 0 Å². The van der Waals surface area contributed by atoms with Gasteiger partial charge < -0.3 is 5.32 Å². The topological polar surface area (TPSA) is 24.9 Å². The SMILES string of the molecule is Cc1ccnc(C2CCCNC2)c1. The smallest absolute Gasteiger partial charge is 0.0449 e. The van der Waals surface area contributed by atoms with Crippen molar-refractivity contribution in [1.29, 1.82) is 0 Å². The van der Waals surface area contributed by atoms with Gasteiger partial charge in [-0.25, -0.2) is 0 Å². The minimum Gasteiger partial charge on any atom is -0.316 e. The molecule has 0 aliphatic carbocycles. The molecule has 0 radical (unpaired) electrons. The molecule has 2 nitrogen and oxygen atoms in total. The summed E-state index contributed by atoms with van der Waals surface area (Å²) in [5.41, 5.74) is 2.57. The molecule has 0 aromatic carbocycles. The fraction of sp³-hybridized carbons (Fsp3) is 0.545. The van der Waals surface area contributed by atoms with Gasteiger partial charge in [0, 0.05) is 24.4 Å². The van der Waals surface area contributed by atoms with Crippen molar-refractivity contribution in [3.8, 4) is 0 Å². The second-order valence-corrected chi connectivity index (χ2v) is 3.80. The third kappa shape index (κ3) is 2.07. The Balaban J connectivity index is 2.14. The zero-order chi connectivity index (χ0) is 9.10. The average molecular weight is 176 g/mol. The van der Waals surface area contributed by atoms with E-state index < -0.39 is 0 Å². The second-order valence-electron chi connectivity index (χ2n) is 3.80. The molecular formula is C11H16N2. The first-order chi connectivity index (χ1) is 6.36. The zero-order valence-electron chi connectivity index (χ0n) is 8.09. The molecule has 1 aromatic heterocycles. The van der Waals surface area contributed by atoms with E-state index in [1.54, 1.807) is 0 Å². The second kappa shape index (κ2) is 3.88. The minimum absolute atomic E-state index is 0.633. The number of nitrogens with one attached hydrogen (secondary N) is 1. The zero-order valence-corrected chi connectivity index (χ0v) is 8.09. The van der Waals surface area contributed by atoms with E-state index in [-0.39, 0.29) is 0 Å².